The highest BCUT2D eigenvalue weighted by Crippen LogP contribution is 2.41. The molecule has 1 fully saturated rings. The Bertz CT molecular complexity index is 170. The minimum absolute atomic E-state index is 0.323. The Morgan fingerprint density at radius 3 is 1.82 bits per heavy atom. The van der Waals surface area contributed by atoms with Crippen LogP contribution in [0.5, 0.6) is 0 Å². The SMILES string of the molecule is CC.CC.CC1(C)CCCCC(N)C(C)(C)C1. The number of nitrogens with two attached hydrogens (primary N) is 1. The minimum Gasteiger partial charge on any atom is -0.327 e. The number of hydrogen-bond donors (Lipinski definition) is 1. The van der Waals surface area contributed by atoms with E-state index < -0.39 is 0 Å². The first-order valence-electron chi connectivity index (χ1n) is 7.59. The van der Waals surface area contributed by atoms with Gasteiger partial charge in [0.25, 0.3) is 0 Å². The maximum Gasteiger partial charge on any atom is 0.00904 e. The smallest absolute Gasteiger partial charge is 0.00904 e. The van der Waals surface area contributed by atoms with Gasteiger partial charge in [-0.15, -0.1) is 0 Å². The molecule has 1 unspecified atom stereocenters. The molecule has 0 radical (unpaired) electrons. The fourth-order valence-corrected chi connectivity index (χ4v) is 2.81. The van der Waals surface area contributed by atoms with Crippen molar-refractivity contribution in [3.63, 3.8) is 0 Å². The van der Waals surface area contributed by atoms with Gasteiger partial charge in [0, 0.05) is 6.04 Å². The Hall–Kier alpha value is -0.0400. The molecule has 1 saturated carbocycles. The van der Waals surface area contributed by atoms with Crippen molar-refractivity contribution >= 4 is 0 Å². The standard InChI is InChI=1S/C12H25N.2C2H6/c1-11(2)8-6-5-7-10(13)12(3,4)9-11;2*1-2/h10H,5-9,13H2,1-4H3;2*1-2H3. The molecule has 1 nitrogen and oxygen atoms in total. The predicted molar refractivity (Wildman–Crippen MR) is 81.3 cm³/mol. The van der Waals surface area contributed by atoms with Crippen molar-refractivity contribution in [3.05, 3.63) is 0 Å². The monoisotopic (exact) mass is 243 g/mol. The van der Waals surface area contributed by atoms with E-state index in [4.69, 9.17) is 5.73 Å². The van der Waals surface area contributed by atoms with E-state index in [0.29, 0.717) is 16.9 Å². The summed E-state index contributed by atoms with van der Waals surface area (Å²) in [7, 11) is 0. The van der Waals surface area contributed by atoms with Crippen molar-refractivity contribution in [1.29, 1.82) is 0 Å². The van der Waals surface area contributed by atoms with E-state index in [9.17, 15) is 0 Å². The maximum atomic E-state index is 6.20. The highest BCUT2D eigenvalue weighted by Gasteiger charge is 2.34. The topological polar surface area (TPSA) is 26.0 Å². The molecule has 1 heteroatoms. The van der Waals surface area contributed by atoms with Crippen molar-refractivity contribution in [2.75, 3.05) is 0 Å². The summed E-state index contributed by atoms with van der Waals surface area (Å²) >= 11 is 0. The Labute approximate surface area is 111 Å². The summed E-state index contributed by atoms with van der Waals surface area (Å²) in [5, 5.41) is 0. The average molecular weight is 243 g/mol. The lowest BCUT2D eigenvalue weighted by molar-refractivity contribution is 0.126. The molecule has 1 aliphatic rings. The van der Waals surface area contributed by atoms with E-state index >= 15 is 0 Å². The first kappa shape index (κ1) is 19.3. The van der Waals surface area contributed by atoms with Crippen molar-refractivity contribution in [1.82, 2.24) is 0 Å². The molecular weight excluding hydrogens is 206 g/mol. The molecule has 0 aromatic heterocycles. The Morgan fingerprint density at radius 2 is 1.35 bits per heavy atom. The van der Waals surface area contributed by atoms with E-state index in [-0.39, 0.29) is 0 Å². The van der Waals surface area contributed by atoms with Crippen LogP contribution in [0.15, 0.2) is 0 Å². The molecule has 1 rings (SSSR count). The molecular formula is C16H37N. The average Bonchev–Trinajstić information content (AvgIpc) is 2.27. The van der Waals surface area contributed by atoms with Crippen LogP contribution in [0.3, 0.4) is 0 Å². The third-order valence-corrected chi connectivity index (χ3v) is 3.56. The fraction of sp³-hybridized carbons (Fsp3) is 1.00. The van der Waals surface area contributed by atoms with Gasteiger partial charge in [0.1, 0.15) is 0 Å². The van der Waals surface area contributed by atoms with Gasteiger partial charge in [-0.1, -0.05) is 68.2 Å². The summed E-state index contributed by atoms with van der Waals surface area (Å²) in [6, 6.07) is 0.395. The minimum atomic E-state index is 0.323. The molecule has 0 bridgehead atoms. The molecule has 1 atom stereocenters. The summed E-state index contributed by atoms with van der Waals surface area (Å²) < 4.78 is 0. The lowest BCUT2D eigenvalue weighted by Gasteiger charge is -2.41. The van der Waals surface area contributed by atoms with E-state index in [0.717, 1.165) is 0 Å². The molecule has 0 amide bonds. The molecule has 1 aliphatic carbocycles. The van der Waals surface area contributed by atoms with Crippen LogP contribution in [-0.2, 0) is 0 Å². The largest absolute Gasteiger partial charge is 0.327 e. The first-order valence-corrected chi connectivity index (χ1v) is 7.59. The Morgan fingerprint density at radius 1 is 0.882 bits per heavy atom. The van der Waals surface area contributed by atoms with Gasteiger partial charge in [-0.2, -0.15) is 0 Å². The highest BCUT2D eigenvalue weighted by molar-refractivity contribution is 4.88. The molecule has 0 heterocycles. The van der Waals surface area contributed by atoms with Gasteiger partial charge in [0.15, 0.2) is 0 Å². The van der Waals surface area contributed by atoms with Crippen molar-refractivity contribution in [2.24, 2.45) is 16.6 Å². The number of rotatable bonds is 0. The molecule has 0 aromatic rings. The van der Waals surface area contributed by atoms with E-state index in [2.05, 4.69) is 27.7 Å². The molecule has 0 aromatic carbocycles. The molecule has 17 heavy (non-hydrogen) atoms. The van der Waals surface area contributed by atoms with Crippen LogP contribution in [0, 0.1) is 10.8 Å². The van der Waals surface area contributed by atoms with Crippen LogP contribution in [0.4, 0.5) is 0 Å². The van der Waals surface area contributed by atoms with Crippen LogP contribution in [0.1, 0.15) is 87.5 Å². The molecule has 0 saturated heterocycles. The summed E-state index contributed by atoms with van der Waals surface area (Å²) in [5.41, 5.74) is 7.01. The normalized spacial score (nSPS) is 26.3. The van der Waals surface area contributed by atoms with Crippen LogP contribution < -0.4 is 5.73 Å². The zero-order chi connectivity index (χ0) is 14.1. The van der Waals surface area contributed by atoms with Crippen molar-refractivity contribution in [2.45, 2.75) is 93.5 Å². The molecule has 0 aliphatic heterocycles. The zero-order valence-electron chi connectivity index (χ0n) is 13.7. The molecule has 0 spiro atoms. The second-order valence-electron chi connectivity index (χ2n) is 6.18. The summed E-state index contributed by atoms with van der Waals surface area (Å²) in [5.74, 6) is 0. The summed E-state index contributed by atoms with van der Waals surface area (Å²) in [6.45, 7) is 17.4. The van der Waals surface area contributed by atoms with Gasteiger partial charge >= 0.3 is 0 Å². The molecule has 2 N–H and O–H groups in total. The van der Waals surface area contributed by atoms with Gasteiger partial charge in [0.2, 0.25) is 0 Å². The first-order chi connectivity index (χ1) is 7.83. The second-order valence-corrected chi connectivity index (χ2v) is 6.18. The quantitative estimate of drug-likeness (QED) is 0.607. The second kappa shape index (κ2) is 8.97. The van der Waals surface area contributed by atoms with E-state index in [1.807, 2.05) is 27.7 Å². The van der Waals surface area contributed by atoms with Gasteiger partial charge < -0.3 is 5.73 Å². The summed E-state index contributed by atoms with van der Waals surface area (Å²) in [6.07, 6.45) is 6.51. The number of hydrogen-bond acceptors (Lipinski definition) is 1. The highest BCUT2D eigenvalue weighted by atomic mass is 14.7. The zero-order valence-corrected chi connectivity index (χ0v) is 13.7. The van der Waals surface area contributed by atoms with Gasteiger partial charge in [-0.25, -0.2) is 0 Å². The lowest BCUT2D eigenvalue weighted by atomic mass is 9.66. The predicted octanol–water partition coefficient (Wildman–Crippen LogP) is 5.38. The summed E-state index contributed by atoms with van der Waals surface area (Å²) in [4.78, 5) is 0. The molecule has 106 valence electrons. The lowest BCUT2D eigenvalue weighted by Crippen LogP contribution is -2.41. The van der Waals surface area contributed by atoms with Crippen LogP contribution in [0.25, 0.3) is 0 Å². The van der Waals surface area contributed by atoms with E-state index in [1.54, 1.807) is 0 Å². The third-order valence-electron chi connectivity index (χ3n) is 3.56. The third kappa shape index (κ3) is 7.81. The van der Waals surface area contributed by atoms with Crippen molar-refractivity contribution < 1.29 is 0 Å². The Balaban J connectivity index is 0. The van der Waals surface area contributed by atoms with Gasteiger partial charge in [-0.05, 0) is 30.1 Å². The van der Waals surface area contributed by atoms with Gasteiger partial charge in [-0.3, -0.25) is 0 Å². The van der Waals surface area contributed by atoms with Crippen LogP contribution in [-0.4, -0.2) is 6.04 Å². The van der Waals surface area contributed by atoms with Crippen molar-refractivity contribution in [3.8, 4) is 0 Å². The Kier molecular flexibility index (Phi) is 10.2. The van der Waals surface area contributed by atoms with Gasteiger partial charge in [0.05, 0.1) is 0 Å². The fourth-order valence-electron chi connectivity index (χ4n) is 2.81. The van der Waals surface area contributed by atoms with Crippen LogP contribution >= 0.6 is 0 Å². The van der Waals surface area contributed by atoms with Crippen LogP contribution in [0.2, 0.25) is 0 Å². The maximum absolute atomic E-state index is 6.20. The van der Waals surface area contributed by atoms with E-state index in [1.165, 1.54) is 32.1 Å².